The highest BCUT2D eigenvalue weighted by molar-refractivity contribution is 5.30. The third kappa shape index (κ3) is 4.20. The molecule has 0 aliphatic heterocycles. The van der Waals surface area contributed by atoms with Crippen molar-refractivity contribution in [1.29, 1.82) is 0 Å². The lowest BCUT2D eigenvalue weighted by Crippen LogP contribution is -2.06. The molecule has 0 atom stereocenters. The van der Waals surface area contributed by atoms with Crippen LogP contribution in [-0.2, 0) is 0 Å². The van der Waals surface area contributed by atoms with Crippen LogP contribution in [0.3, 0.4) is 0 Å². The SMILES string of the molecule is CC(C)CCCNc1ncc([N+](=O)[O-])cn1. The Kier molecular flexibility index (Phi) is 4.63. The molecular weight excluding hydrogens is 208 g/mol. The first-order valence-corrected chi connectivity index (χ1v) is 5.30. The van der Waals surface area contributed by atoms with Crippen molar-refractivity contribution < 1.29 is 4.92 Å². The van der Waals surface area contributed by atoms with Crippen LogP contribution in [0.2, 0.25) is 0 Å². The average molecular weight is 224 g/mol. The van der Waals surface area contributed by atoms with Crippen LogP contribution >= 0.6 is 0 Å². The predicted octanol–water partition coefficient (Wildman–Crippen LogP) is 2.23. The number of anilines is 1. The summed E-state index contributed by atoms with van der Waals surface area (Å²) in [7, 11) is 0. The fourth-order valence-electron chi connectivity index (χ4n) is 1.22. The molecule has 0 spiro atoms. The Hall–Kier alpha value is -1.72. The number of rotatable bonds is 6. The van der Waals surface area contributed by atoms with Gasteiger partial charge < -0.3 is 5.32 Å². The summed E-state index contributed by atoms with van der Waals surface area (Å²) in [6.07, 6.45) is 4.59. The minimum absolute atomic E-state index is 0.0901. The Morgan fingerprint density at radius 1 is 1.44 bits per heavy atom. The highest BCUT2D eigenvalue weighted by Gasteiger charge is 2.05. The van der Waals surface area contributed by atoms with Gasteiger partial charge in [0.05, 0.1) is 4.92 Å². The molecule has 0 aliphatic carbocycles. The van der Waals surface area contributed by atoms with Crippen molar-refractivity contribution in [2.75, 3.05) is 11.9 Å². The molecular formula is C10H16N4O2. The van der Waals surface area contributed by atoms with Gasteiger partial charge in [-0.1, -0.05) is 13.8 Å². The second-order valence-corrected chi connectivity index (χ2v) is 3.98. The molecule has 1 rings (SSSR count). The first kappa shape index (κ1) is 12.4. The smallest absolute Gasteiger partial charge is 0.305 e. The van der Waals surface area contributed by atoms with E-state index in [0.717, 1.165) is 19.4 Å². The molecule has 0 fully saturated rings. The molecule has 6 heteroatoms. The van der Waals surface area contributed by atoms with Gasteiger partial charge in [-0.15, -0.1) is 0 Å². The number of aromatic nitrogens is 2. The molecule has 0 aliphatic rings. The van der Waals surface area contributed by atoms with E-state index in [2.05, 4.69) is 29.1 Å². The number of nitrogens with zero attached hydrogens (tertiary/aromatic N) is 3. The Morgan fingerprint density at radius 2 is 2.06 bits per heavy atom. The van der Waals surface area contributed by atoms with Gasteiger partial charge in [-0.3, -0.25) is 10.1 Å². The van der Waals surface area contributed by atoms with E-state index in [1.807, 2.05) is 0 Å². The van der Waals surface area contributed by atoms with Gasteiger partial charge in [-0.2, -0.15) is 0 Å². The average Bonchev–Trinajstić information content (AvgIpc) is 2.25. The van der Waals surface area contributed by atoms with Crippen LogP contribution in [0.15, 0.2) is 12.4 Å². The molecule has 0 saturated carbocycles. The van der Waals surface area contributed by atoms with Crippen molar-refractivity contribution >= 4 is 11.6 Å². The lowest BCUT2D eigenvalue weighted by molar-refractivity contribution is -0.385. The van der Waals surface area contributed by atoms with Crippen molar-refractivity contribution in [3.05, 3.63) is 22.5 Å². The van der Waals surface area contributed by atoms with Gasteiger partial charge in [-0.05, 0) is 18.8 Å². The molecule has 0 unspecified atom stereocenters. The van der Waals surface area contributed by atoms with Crippen molar-refractivity contribution in [2.45, 2.75) is 26.7 Å². The maximum absolute atomic E-state index is 10.4. The van der Waals surface area contributed by atoms with Gasteiger partial charge in [0.15, 0.2) is 0 Å². The molecule has 1 aromatic rings. The fourth-order valence-corrected chi connectivity index (χ4v) is 1.22. The molecule has 0 aromatic carbocycles. The van der Waals surface area contributed by atoms with Gasteiger partial charge in [-0.25, -0.2) is 9.97 Å². The molecule has 0 amide bonds. The van der Waals surface area contributed by atoms with Crippen molar-refractivity contribution in [1.82, 2.24) is 9.97 Å². The molecule has 6 nitrogen and oxygen atoms in total. The van der Waals surface area contributed by atoms with Gasteiger partial charge in [0.2, 0.25) is 5.95 Å². The second kappa shape index (κ2) is 5.99. The van der Waals surface area contributed by atoms with Crippen LogP contribution in [0.5, 0.6) is 0 Å². The molecule has 0 bridgehead atoms. The number of hydrogen-bond donors (Lipinski definition) is 1. The van der Waals surface area contributed by atoms with E-state index in [4.69, 9.17) is 0 Å². The van der Waals surface area contributed by atoms with Gasteiger partial charge in [0.1, 0.15) is 12.4 Å². The third-order valence-corrected chi connectivity index (χ3v) is 2.09. The predicted molar refractivity (Wildman–Crippen MR) is 61.2 cm³/mol. The zero-order chi connectivity index (χ0) is 12.0. The zero-order valence-electron chi connectivity index (χ0n) is 9.51. The highest BCUT2D eigenvalue weighted by Crippen LogP contribution is 2.08. The summed E-state index contributed by atoms with van der Waals surface area (Å²) in [5, 5.41) is 13.4. The molecule has 0 radical (unpaired) electrons. The van der Waals surface area contributed by atoms with Gasteiger partial charge >= 0.3 is 5.69 Å². The Morgan fingerprint density at radius 3 is 2.56 bits per heavy atom. The summed E-state index contributed by atoms with van der Waals surface area (Å²) >= 11 is 0. The zero-order valence-corrected chi connectivity index (χ0v) is 9.51. The van der Waals surface area contributed by atoms with Gasteiger partial charge in [0.25, 0.3) is 0 Å². The summed E-state index contributed by atoms with van der Waals surface area (Å²) in [5.74, 6) is 1.12. The quantitative estimate of drug-likeness (QED) is 0.455. The summed E-state index contributed by atoms with van der Waals surface area (Å²) < 4.78 is 0. The first-order valence-electron chi connectivity index (χ1n) is 5.30. The van der Waals surface area contributed by atoms with Crippen molar-refractivity contribution in [2.24, 2.45) is 5.92 Å². The minimum atomic E-state index is -0.511. The topological polar surface area (TPSA) is 81.0 Å². The summed E-state index contributed by atoms with van der Waals surface area (Å²) in [6.45, 7) is 5.13. The van der Waals surface area contributed by atoms with Crippen LogP contribution in [0.4, 0.5) is 11.6 Å². The third-order valence-electron chi connectivity index (χ3n) is 2.09. The Bertz CT molecular complexity index is 337. The van der Waals surface area contributed by atoms with E-state index in [9.17, 15) is 10.1 Å². The number of nitro groups is 1. The molecule has 0 saturated heterocycles. The summed E-state index contributed by atoms with van der Waals surface area (Å²) in [5.41, 5.74) is -0.0901. The lowest BCUT2D eigenvalue weighted by atomic mass is 10.1. The van der Waals surface area contributed by atoms with Crippen LogP contribution in [-0.4, -0.2) is 21.4 Å². The molecule has 1 aromatic heterocycles. The summed E-state index contributed by atoms with van der Waals surface area (Å²) in [4.78, 5) is 17.5. The standard InChI is InChI=1S/C10H16N4O2/c1-8(2)4-3-5-11-10-12-6-9(7-13-10)14(15)16/h6-8H,3-5H2,1-2H3,(H,11,12,13). The van der Waals surface area contributed by atoms with Crippen LogP contribution < -0.4 is 5.32 Å². The maximum atomic E-state index is 10.4. The van der Waals surface area contributed by atoms with E-state index >= 15 is 0 Å². The van der Waals surface area contributed by atoms with E-state index in [0.29, 0.717) is 11.9 Å². The number of nitrogens with one attached hydrogen (secondary N) is 1. The van der Waals surface area contributed by atoms with E-state index in [1.165, 1.54) is 12.4 Å². The van der Waals surface area contributed by atoms with Crippen LogP contribution in [0.25, 0.3) is 0 Å². The Labute approximate surface area is 94.3 Å². The fraction of sp³-hybridized carbons (Fsp3) is 0.600. The molecule has 16 heavy (non-hydrogen) atoms. The minimum Gasteiger partial charge on any atom is -0.354 e. The first-order chi connectivity index (χ1) is 7.59. The van der Waals surface area contributed by atoms with Crippen LogP contribution in [0, 0.1) is 16.0 Å². The Balaban J connectivity index is 2.35. The molecule has 88 valence electrons. The van der Waals surface area contributed by atoms with Crippen LogP contribution in [0.1, 0.15) is 26.7 Å². The largest absolute Gasteiger partial charge is 0.354 e. The van der Waals surface area contributed by atoms with E-state index in [-0.39, 0.29) is 5.69 Å². The monoisotopic (exact) mass is 224 g/mol. The highest BCUT2D eigenvalue weighted by atomic mass is 16.6. The summed E-state index contributed by atoms with van der Waals surface area (Å²) in [6, 6.07) is 0. The van der Waals surface area contributed by atoms with Gasteiger partial charge in [0, 0.05) is 6.54 Å². The maximum Gasteiger partial charge on any atom is 0.305 e. The lowest BCUT2D eigenvalue weighted by Gasteiger charge is -2.05. The molecule has 1 heterocycles. The van der Waals surface area contributed by atoms with E-state index < -0.39 is 4.92 Å². The van der Waals surface area contributed by atoms with E-state index in [1.54, 1.807) is 0 Å². The van der Waals surface area contributed by atoms with Crippen molar-refractivity contribution in [3.63, 3.8) is 0 Å². The molecule has 1 N–H and O–H groups in total. The number of hydrogen-bond acceptors (Lipinski definition) is 5. The van der Waals surface area contributed by atoms with Crippen molar-refractivity contribution in [3.8, 4) is 0 Å². The second-order valence-electron chi connectivity index (χ2n) is 3.98. The normalized spacial score (nSPS) is 10.4.